The molecule has 0 aromatic rings. The van der Waals surface area contributed by atoms with Crippen molar-refractivity contribution in [2.24, 2.45) is 4.99 Å². The number of aliphatic imine (C=N–C) groups is 1. The average molecular weight is 331 g/mol. The molecule has 0 unspecified atom stereocenters. The Bertz CT molecular complexity index is 156. The molecule has 0 fully saturated rings. The van der Waals surface area contributed by atoms with Crippen molar-refractivity contribution < 1.29 is 9.84 Å². The Labute approximate surface area is 109 Å². The van der Waals surface area contributed by atoms with Crippen LogP contribution in [0.3, 0.4) is 0 Å². The van der Waals surface area contributed by atoms with Crippen molar-refractivity contribution >= 4 is 29.9 Å². The van der Waals surface area contributed by atoms with Crippen LogP contribution in [-0.2, 0) is 4.74 Å². The Hall–Kier alpha value is -0.0800. The summed E-state index contributed by atoms with van der Waals surface area (Å²) in [7, 11) is 0. The highest BCUT2D eigenvalue weighted by molar-refractivity contribution is 14.0. The maximum absolute atomic E-state index is 8.61. The molecule has 92 valence electrons. The zero-order valence-corrected chi connectivity index (χ0v) is 11.8. The molecule has 0 saturated heterocycles. The fourth-order valence-electron chi connectivity index (χ4n) is 0.889. The third-order valence-corrected chi connectivity index (χ3v) is 1.46. The summed E-state index contributed by atoms with van der Waals surface area (Å²) in [6, 6.07) is 0. The van der Waals surface area contributed by atoms with Crippen molar-refractivity contribution in [3.8, 4) is 0 Å². The van der Waals surface area contributed by atoms with Crippen LogP contribution in [0.15, 0.2) is 4.99 Å². The van der Waals surface area contributed by atoms with Gasteiger partial charge in [0.1, 0.15) is 0 Å². The fourth-order valence-corrected chi connectivity index (χ4v) is 0.889. The smallest absolute Gasteiger partial charge is 0.191 e. The van der Waals surface area contributed by atoms with Crippen LogP contribution in [0.25, 0.3) is 0 Å². The quantitative estimate of drug-likeness (QED) is 0.270. The third-order valence-electron chi connectivity index (χ3n) is 1.46. The Balaban J connectivity index is 0. The Morgan fingerprint density at radius 1 is 1.33 bits per heavy atom. The first-order valence-corrected chi connectivity index (χ1v) is 5.05. The number of nitrogens with one attached hydrogen (secondary N) is 2. The standard InChI is InChI=1S/C9H21N3O2.HI/c1-3-10-9(11-5-7-13)12-6-8-14-4-2;/h13H,3-8H2,1-2H3,(H2,10,11,12);1H. The monoisotopic (exact) mass is 331 g/mol. The molecule has 0 bridgehead atoms. The minimum Gasteiger partial charge on any atom is -0.394 e. The van der Waals surface area contributed by atoms with Gasteiger partial charge in [-0.3, -0.25) is 4.99 Å². The summed E-state index contributed by atoms with van der Waals surface area (Å²) in [6.07, 6.45) is 0. The molecule has 0 spiro atoms. The highest BCUT2D eigenvalue weighted by Crippen LogP contribution is 1.74. The summed E-state index contributed by atoms with van der Waals surface area (Å²) in [5, 5.41) is 14.8. The van der Waals surface area contributed by atoms with Crippen LogP contribution in [0.5, 0.6) is 0 Å². The topological polar surface area (TPSA) is 65.9 Å². The number of halogens is 1. The van der Waals surface area contributed by atoms with Crippen LogP contribution < -0.4 is 10.6 Å². The van der Waals surface area contributed by atoms with Gasteiger partial charge in [-0.05, 0) is 13.8 Å². The number of aliphatic hydroxyl groups is 1. The first-order valence-electron chi connectivity index (χ1n) is 5.05. The van der Waals surface area contributed by atoms with Crippen molar-refractivity contribution in [2.75, 3.05) is 39.5 Å². The van der Waals surface area contributed by atoms with Gasteiger partial charge in [0.05, 0.1) is 19.8 Å². The van der Waals surface area contributed by atoms with Gasteiger partial charge in [-0.2, -0.15) is 0 Å². The Kier molecular flexibility index (Phi) is 16.1. The van der Waals surface area contributed by atoms with Gasteiger partial charge < -0.3 is 20.5 Å². The van der Waals surface area contributed by atoms with Gasteiger partial charge in [-0.1, -0.05) is 0 Å². The van der Waals surface area contributed by atoms with E-state index >= 15 is 0 Å². The maximum Gasteiger partial charge on any atom is 0.191 e. The van der Waals surface area contributed by atoms with E-state index in [1.807, 2.05) is 13.8 Å². The van der Waals surface area contributed by atoms with Gasteiger partial charge in [0.25, 0.3) is 0 Å². The van der Waals surface area contributed by atoms with E-state index in [4.69, 9.17) is 9.84 Å². The number of hydrogen-bond donors (Lipinski definition) is 3. The van der Waals surface area contributed by atoms with E-state index in [1.165, 1.54) is 0 Å². The lowest BCUT2D eigenvalue weighted by Gasteiger charge is -2.10. The summed E-state index contributed by atoms with van der Waals surface area (Å²) >= 11 is 0. The predicted octanol–water partition coefficient (Wildman–Crippen LogP) is 0.188. The van der Waals surface area contributed by atoms with Crippen molar-refractivity contribution in [3.63, 3.8) is 0 Å². The lowest BCUT2D eigenvalue weighted by atomic mass is 10.6. The summed E-state index contributed by atoms with van der Waals surface area (Å²) in [4.78, 5) is 4.12. The Morgan fingerprint density at radius 3 is 2.60 bits per heavy atom. The number of guanidine groups is 1. The number of nitrogens with zero attached hydrogens (tertiary/aromatic N) is 1. The molecule has 0 rings (SSSR count). The minimum absolute atomic E-state index is 0. The van der Waals surface area contributed by atoms with E-state index in [0.717, 1.165) is 25.7 Å². The van der Waals surface area contributed by atoms with Crippen LogP contribution in [0.4, 0.5) is 0 Å². The second-order valence-corrected chi connectivity index (χ2v) is 2.61. The van der Waals surface area contributed by atoms with Crippen LogP contribution in [0.1, 0.15) is 13.8 Å². The second-order valence-electron chi connectivity index (χ2n) is 2.61. The van der Waals surface area contributed by atoms with Gasteiger partial charge in [0, 0.05) is 19.7 Å². The minimum atomic E-state index is 0. The molecule has 0 aromatic heterocycles. The summed E-state index contributed by atoms with van der Waals surface area (Å²) in [6.45, 7) is 7.39. The number of ether oxygens (including phenoxy) is 1. The normalized spacial score (nSPS) is 10.7. The molecule has 0 aliphatic heterocycles. The maximum atomic E-state index is 8.61. The molecule has 0 aliphatic carbocycles. The lowest BCUT2D eigenvalue weighted by molar-refractivity contribution is 0.152. The van der Waals surface area contributed by atoms with E-state index < -0.39 is 0 Å². The molecule has 0 heterocycles. The largest absolute Gasteiger partial charge is 0.394 e. The van der Waals surface area contributed by atoms with Crippen LogP contribution in [0.2, 0.25) is 0 Å². The van der Waals surface area contributed by atoms with E-state index in [0.29, 0.717) is 13.2 Å². The van der Waals surface area contributed by atoms with E-state index in [2.05, 4.69) is 15.6 Å². The Morgan fingerprint density at radius 2 is 2.07 bits per heavy atom. The molecule has 0 amide bonds. The van der Waals surface area contributed by atoms with Gasteiger partial charge in [0.2, 0.25) is 0 Å². The van der Waals surface area contributed by atoms with Crippen molar-refractivity contribution in [1.82, 2.24) is 10.6 Å². The highest BCUT2D eigenvalue weighted by atomic mass is 127. The van der Waals surface area contributed by atoms with Gasteiger partial charge in [-0.15, -0.1) is 24.0 Å². The summed E-state index contributed by atoms with van der Waals surface area (Å²) in [5.74, 6) is 0.723. The van der Waals surface area contributed by atoms with Crippen LogP contribution >= 0.6 is 24.0 Å². The third kappa shape index (κ3) is 11.8. The molecular weight excluding hydrogens is 309 g/mol. The number of rotatable bonds is 7. The molecular formula is C9H22IN3O2. The molecule has 0 radical (unpaired) electrons. The average Bonchev–Trinajstić information content (AvgIpc) is 2.20. The zero-order chi connectivity index (χ0) is 10.6. The van der Waals surface area contributed by atoms with Crippen molar-refractivity contribution in [3.05, 3.63) is 0 Å². The molecule has 15 heavy (non-hydrogen) atoms. The number of hydrogen-bond acceptors (Lipinski definition) is 3. The van der Waals surface area contributed by atoms with E-state index in [9.17, 15) is 0 Å². The fraction of sp³-hybridized carbons (Fsp3) is 0.889. The van der Waals surface area contributed by atoms with Gasteiger partial charge in [-0.25, -0.2) is 0 Å². The summed E-state index contributed by atoms with van der Waals surface area (Å²) in [5.41, 5.74) is 0. The molecule has 0 atom stereocenters. The van der Waals surface area contributed by atoms with E-state index in [-0.39, 0.29) is 30.6 Å². The first kappa shape index (κ1) is 17.3. The molecule has 0 saturated carbocycles. The molecule has 0 aliphatic rings. The van der Waals surface area contributed by atoms with Gasteiger partial charge >= 0.3 is 0 Å². The van der Waals surface area contributed by atoms with Crippen molar-refractivity contribution in [2.45, 2.75) is 13.8 Å². The molecule has 0 aromatic carbocycles. The zero-order valence-electron chi connectivity index (χ0n) is 9.45. The molecule has 3 N–H and O–H groups in total. The second kappa shape index (κ2) is 13.9. The summed E-state index contributed by atoms with van der Waals surface area (Å²) < 4.78 is 5.17. The van der Waals surface area contributed by atoms with Crippen LogP contribution in [0, 0.1) is 0 Å². The van der Waals surface area contributed by atoms with Gasteiger partial charge in [0.15, 0.2) is 5.96 Å². The van der Waals surface area contributed by atoms with Crippen LogP contribution in [-0.4, -0.2) is 50.5 Å². The highest BCUT2D eigenvalue weighted by Gasteiger charge is 1.94. The molecule has 5 nitrogen and oxygen atoms in total. The molecule has 6 heteroatoms. The van der Waals surface area contributed by atoms with E-state index in [1.54, 1.807) is 0 Å². The lowest BCUT2D eigenvalue weighted by Crippen LogP contribution is -2.39. The van der Waals surface area contributed by atoms with Crippen molar-refractivity contribution in [1.29, 1.82) is 0 Å². The first-order chi connectivity index (χ1) is 6.85. The SMILES string of the molecule is CCNC(=NCCO)NCCOCC.I. The predicted molar refractivity (Wildman–Crippen MR) is 73.0 cm³/mol. The number of aliphatic hydroxyl groups excluding tert-OH is 1.